The van der Waals surface area contributed by atoms with E-state index in [2.05, 4.69) is 5.92 Å². The van der Waals surface area contributed by atoms with Crippen LogP contribution in [0.15, 0.2) is 24.3 Å². The second kappa shape index (κ2) is 7.52. The Morgan fingerprint density at radius 2 is 2.06 bits per heavy atom. The van der Waals surface area contributed by atoms with Crippen molar-refractivity contribution in [2.75, 3.05) is 7.11 Å². The van der Waals surface area contributed by atoms with E-state index in [0.717, 1.165) is 17.6 Å². The third-order valence-electron chi connectivity index (χ3n) is 2.74. The van der Waals surface area contributed by atoms with Crippen molar-refractivity contribution < 1.29 is 14.3 Å². The van der Waals surface area contributed by atoms with Crippen LogP contribution in [0.4, 0.5) is 0 Å². The predicted molar refractivity (Wildman–Crippen MR) is 70.2 cm³/mol. The van der Waals surface area contributed by atoms with Crippen LogP contribution in [-0.4, -0.2) is 19.5 Å². The third-order valence-corrected chi connectivity index (χ3v) is 2.74. The average molecular weight is 246 g/mol. The largest absolute Gasteiger partial charge is 0.497 e. The average Bonchev–Trinajstić information content (AvgIpc) is 2.40. The maximum atomic E-state index is 10.9. The molecule has 0 aliphatic rings. The molecule has 0 aliphatic carbocycles. The van der Waals surface area contributed by atoms with E-state index < -0.39 is 6.10 Å². The fourth-order valence-electron chi connectivity index (χ4n) is 1.55. The van der Waals surface area contributed by atoms with Crippen LogP contribution in [0.25, 0.3) is 0 Å². The second-order valence-corrected chi connectivity index (χ2v) is 4.15. The van der Waals surface area contributed by atoms with Crippen molar-refractivity contribution in [3.63, 3.8) is 0 Å². The highest BCUT2D eigenvalue weighted by molar-refractivity contribution is 5.56. The van der Waals surface area contributed by atoms with Gasteiger partial charge in [0.25, 0.3) is 0 Å². The summed E-state index contributed by atoms with van der Waals surface area (Å²) in [6.07, 6.45) is 6.12. The topological polar surface area (TPSA) is 35.5 Å². The van der Waals surface area contributed by atoms with Crippen LogP contribution in [0.1, 0.15) is 18.9 Å². The fraction of sp³-hybridized carbons (Fsp3) is 0.400. The zero-order chi connectivity index (χ0) is 13.4. The molecule has 1 aromatic rings. The number of methoxy groups -OCH3 is 1. The van der Waals surface area contributed by atoms with Crippen molar-refractivity contribution in [1.82, 2.24) is 0 Å². The smallest absolute Gasteiger partial charge is 0.149 e. The molecule has 0 aromatic heterocycles. The van der Waals surface area contributed by atoms with Gasteiger partial charge in [0.2, 0.25) is 0 Å². The Balaban J connectivity index is 2.51. The van der Waals surface area contributed by atoms with Crippen LogP contribution in [-0.2, 0) is 16.1 Å². The molecule has 1 rings (SSSR count). The highest BCUT2D eigenvalue weighted by Gasteiger charge is 2.16. The number of terminal acetylenes is 1. The molecule has 0 heterocycles. The number of carbonyl (C=O) groups excluding carboxylic acids is 1. The van der Waals surface area contributed by atoms with E-state index in [0.29, 0.717) is 13.0 Å². The first-order valence-electron chi connectivity index (χ1n) is 5.84. The van der Waals surface area contributed by atoms with Gasteiger partial charge in [-0.15, -0.1) is 12.3 Å². The van der Waals surface area contributed by atoms with Gasteiger partial charge in [-0.25, -0.2) is 0 Å². The molecular formula is C15H18O3. The van der Waals surface area contributed by atoms with E-state index in [4.69, 9.17) is 15.9 Å². The van der Waals surface area contributed by atoms with Crippen LogP contribution in [0.2, 0.25) is 0 Å². The van der Waals surface area contributed by atoms with Crippen LogP contribution >= 0.6 is 0 Å². The molecule has 3 nitrogen and oxygen atoms in total. The molecule has 0 N–H and O–H groups in total. The Hall–Kier alpha value is -1.79. The van der Waals surface area contributed by atoms with Gasteiger partial charge in [-0.1, -0.05) is 19.1 Å². The molecule has 96 valence electrons. The van der Waals surface area contributed by atoms with Crippen LogP contribution in [0.3, 0.4) is 0 Å². The normalized spacial score (nSPS) is 13.4. The first-order valence-corrected chi connectivity index (χ1v) is 5.84. The Labute approximate surface area is 108 Å². The van der Waals surface area contributed by atoms with Gasteiger partial charge in [0.05, 0.1) is 13.7 Å². The minimum absolute atomic E-state index is 0.0331. The van der Waals surface area contributed by atoms with Gasteiger partial charge in [0, 0.05) is 12.3 Å². The van der Waals surface area contributed by atoms with Crippen molar-refractivity contribution in [3.8, 4) is 18.1 Å². The highest BCUT2D eigenvalue weighted by atomic mass is 16.5. The van der Waals surface area contributed by atoms with Gasteiger partial charge in [-0.2, -0.15) is 0 Å². The molecule has 18 heavy (non-hydrogen) atoms. The van der Waals surface area contributed by atoms with E-state index in [1.54, 1.807) is 7.11 Å². The number of rotatable bonds is 7. The third kappa shape index (κ3) is 4.23. The molecular weight excluding hydrogens is 228 g/mol. The van der Waals surface area contributed by atoms with Crippen molar-refractivity contribution in [1.29, 1.82) is 0 Å². The maximum absolute atomic E-state index is 10.9. The van der Waals surface area contributed by atoms with Crippen LogP contribution in [0, 0.1) is 18.3 Å². The zero-order valence-corrected chi connectivity index (χ0v) is 10.8. The minimum atomic E-state index is -0.455. The van der Waals surface area contributed by atoms with Gasteiger partial charge in [0.1, 0.15) is 18.1 Å². The Morgan fingerprint density at radius 3 is 2.56 bits per heavy atom. The number of ether oxygens (including phenoxy) is 2. The van der Waals surface area contributed by atoms with Gasteiger partial charge < -0.3 is 14.3 Å². The van der Waals surface area contributed by atoms with Gasteiger partial charge in [0.15, 0.2) is 0 Å². The Morgan fingerprint density at radius 1 is 1.39 bits per heavy atom. The van der Waals surface area contributed by atoms with Gasteiger partial charge >= 0.3 is 0 Å². The standard InChI is InChI=1S/C15H18O3/c1-4-5-12(2)15(10-16)18-11-13-6-8-14(17-3)9-7-13/h1,6-10,12,15H,5,11H2,2-3H3/t12-,15+/m1/s1. The first-order chi connectivity index (χ1) is 8.71. The Bertz CT molecular complexity index is 403. The van der Waals surface area contributed by atoms with E-state index in [-0.39, 0.29) is 5.92 Å². The lowest BCUT2D eigenvalue weighted by atomic mass is 10.0. The van der Waals surface area contributed by atoms with Crippen molar-refractivity contribution in [2.45, 2.75) is 26.1 Å². The molecule has 1 aromatic carbocycles. The van der Waals surface area contributed by atoms with Crippen molar-refractivity contribution >= 4 is 6.29 Å². The van der Waals surface area contributed by atoms with Crippen molar-refractivity contribution in [3.05, 3.63) is 29.8 Å². The summed E-state index contributed by atoms with van der Waals surface area (Å²) < 4.78 is 10.6. The molecule has 0 aliphatic heterocycles. The lowest BCUT2D eigenvalue weighted by Crippen LogP contribution is -2.23. The quantitative estimate of drug-likeness (QED) is 0.547. The molecule has 2 atom stereocenters. The lowest BCUT2D eigenvalue weighted by Gasteiger charge is -2.17. The van der Waals surface area contributed by atoms with Crippen LogP contribution in [0.5, 0.6) is 5.75 Å². The number of hydrogen-bond donors (Lipinski definition) is 0. The summed E-state index contributed by atoms with van der Waals surface area (Å²) in [5.41, 5.74) is 0.996. The molecule has 0 fully saturated rings. The monoisotopic (exact) mass is 246 g/mol. The van der Waals surface area contributed by atoms with E-state index in [1.807, 2.05) is 31.2 Å². The van der Waals surface area contributed by atoms with E-state index in [1.165, 1.54) is 0 Å². The molecule has 0 radical (unpaired) electrons. The molecule has 0 saturated carbocycles. The number of carbonyl (C=O) groups is 1. The molecule has 0 spiro atoms. The van der Waals surface area contributed by atoms with E-state index >= 15 is 0 Å². The number of benzene rings is 1. The summed E-state index contributed by atoms with van der Waals surface area (Å²) in [4.78, 5) is 10.9. The van der Waals surface area contributed by atoms with Crippen LogP contribution < -0.4 is 4.74 Å². The first kappa shape index (κ1) is 14.3. The summed E-state index contributed by atoms with van der Waals surface area (Å²) in [6.45, 7) is 2.30. The molecule has 0 bridgehead atoms. The summed E-state index contributed by atoms with van der Waals surface area (Å²) in [7, 11) is 1.62. The Kier molecular flexibility index (Phi) is 5.96. The summed E-state index contributed by atoms with van der Waals surface area (Å²) in [5.74, 6) is 3.37. The second-order valence-electron chi connectivity index (χ2n) is 4.15. The molecule has 0 unspecified atom stereocenters. The maximum Gasteiger partial charge on any atom is 0.149 e. The summed E-state index contributed by atoms with van der Waals surface area (Å²) in [6, 6.07) is 7.54. The number of aldehydes is 1. The number of hydrogen-bond acceptors (Lipinski definition) is 3. The fourth-order valence-corrected chi connectivity index (χ4v) is 1.55. The van der Waals surface area contributed by atoms with Gasteiger partial charge in [-0.05, 0) is 17.7 Å². The molecule has 3 heteroatoms. The summed E-state index contributed by atoms with van der Waals surface area (Å²) in [5, 5.41) is 0. The molecule has 0 amide bonds. The van der Waals surface area contributed by atoms with Gasteiger partial charge in [-0.3, -0.25) is 0 Å². The summed E-state index contributed by atoms with van der Waals surface area (Å²) >= 11 is 0. The molecule has 0 saturated heterocycles. The minimum Gasteiger partial charge on any atom is -0.497 e. The van der Waals surface area contributed by atoms with Crippen molar-refractivity contribution in [2.24, 2.45) is 5.92 Å². The lowest BCUT2D eigenvalue weighted by molar-refractivity contribution is -0.121. The SMILES string of the molecule is C#CC[C@@H](C)[C@H](C=O)OCc1ccc(OC)cc1. The predicted octanol–water partition coefficient (Wildman–Crippen LogP) is 2.44. The highest BCUT2D eigenvalue weighted by Crippen LogP contribution is 2.15. The van der Waals surface area contributed by atoms with E-state index in [9.17, 15) is 4.79 Å². The zero-order valence-electron chi connectivity index (χ0n) is 10.8.